The van der Waals surface area contributed by atoms with Crippen LogP contribution in [0.3, 0.4) is 0 Å². The minimum atomic E-state index is 0.0427. The molecule has 19 heavy (non-hydrogen) atoms. The van der Waals surface area contributed by atoms with E-state index in [1.54, 1.807) is 7.11 Å². The van der Waals surface area contributed by atoms with E-state index in [1.165, 1.54) is 5.56 Å². The number of ether oxygens (including phenoxy) is 1. The van der Waals surface area contributed by atoms with E-state index in [0.29, 0.717) is 18.2 Å². The first-order valence-corrected chi connectivity index (χ1v) is 6.99. The van der Waals surface area contributed by atoms with E-state index in [2.05, 4.69) is 24.1 Å². The summed E-state index contributed by atoms with van der Waals surface area (Å²) in [5, 5.41) is 0. The molecule has 0 N–H and O–H groups in total. The molecule has 0 aromatic heterocycles. The zero-order valence-electron chi connectivity index (χ0n) is 11.7. The fraction of sp³-hybridized carbons (Fsp3) is 0.562. The van der Waals surface area contributed by atoms with Crippen molar-refractivity contribution in [3.05, 3.63) is 29.8 Å². The fourth-order valence-corrected chi connectivity index (χ4v) is 3.70. The molecule has 3 heteroatoms. The number of fused-ring (bicyclic) bond motifs is 2. The van der Waals surface area contributed by atoms with Gasteiger partial charge in [-0.25, -0.2) is 0 Å². The van der Waals surface area contributed by atoms with E-state index < -0.39 is 0 Å². The Bertz CT molecular complexity index is 499. The predicted molar refractivity (Wildman–Crippen MR) is 74.6 cm³/mol. The SMILES string of the molecule is COc1cccc([C@@]23CCN(C)[C@@H](CC(=O)C2)C3)c1. The van der Waals surface area contributed by atoms with Gasteiger partial charge in [0.15, 0.2) is 0 Å². The highest BCUT2D eigenvalue weighted by Gasteiger charge is 2.45. The number of piperidine rings is 1. The lowest BCUT2D eigenvalue weighted by atomic mass is 9.63. The van der Waals surface area contributed by atoms with Crippen LogP contribution in [-0.4, -0.2) is 37.4 Å². The van der Waals surface area contributed by atoms with Crippen LogP contribution in [0.5, 0.6) is 5.75 Å². The zero-order chi connectivity index (χ0) is 13.5. The van der Waals surface area contributed by atoms with Crippen LogP contribution in [0, 0.1) is 0 Å². The summed E-state index contributed by atoms with van der Waals surface area (Å²) in [6, 6.07) is 8.69. The Hall–Kier alpha value is -1.35. The molecule has 102 valence electrons. The molecule has 2 fully saturated rings. The third kappa shape index (κ3) is 2.16. The summed E-state index contributed by atoms with van der Waals surface area (Å²) in [6.45, 7) is 1.08. The summed E-state index contributed by atoms with van der Waals surface area (Å²) < 4.78 is 5.33. The summed E-state index contributed by atoms with van der Waals surface area (Å²) in [5.74, 6) is 1.30. The Morgan fingerprint density at radius 3 is 3.05 bits per heavy atom. The molecule has 0 amide bonds. The maximum atomic E-state index is 12.1. The molecule has 3 rings (SSSR count). The van der Waals surface area contributed by atoms with Crippen molar-refractivity contribution in [2.75, 3.05) is 20.7 Å². The minimum absolute atomic E-state index is 0.0427. The molecule has 2 atom stereocenters. The zero-order valence-corrected chi connectivity index (χ0v) is 11.7. The summed E-state index contributed by atoms with van der Waals surface area (Å²) in [4.78, 5) is 14.4. The average molecular weight is 259 g/mol. The molecule has 1 saturated heterocycles. The van der Waals surface area contributed by atoms with Gasteiger partial charge in [0.1, 0.15) is 11.5 Å². The molecule has 0 unspecified atom stereocenters. The van der Waals surface area contributed by atoms with Crippen LogP contribution in [0.25, 0.3) is 0 Å². The van der Waals surface area contributed by atoms with E-state index in [-0.39, 0.29) is 5.41 Å². The van der Waals surface area contributed by atoms with Crippen LogP contribution in [0.4, 0.5) is 0 Å². The number of ketones is 1. The van der Waals surface area contributed by atoms with Crippen LogP contribution in [0.2, 0.25) is 0 Å². The van der Waals surface area contributed by atoms with Gasteiger partial charge in [-0.05, 0) is 44.1 Å². The number of benzene rings is 1. The first-order chi connectivity index (χ1) is 9.13. The maximum absolute atomic E-state index is 12.1. The van der Waals surface area contributed by atoms with Gasteiger partial charge in [-0.15, -0.1) is 0 Å². The van der Waals surface area contributed by atoms with Crippen molar-refractivity contribution >= 4 is 5.78 Å². The lowest BCUT2D eigenvalue weighted by Gasteiger charge is -2.49. The third-order valence-electron chi connectivity index (χ3n) is 4.87. The Morgan fingerprint density at radius 1 is 1.42 bits per heavy atom. The van der Waals surface area contributed by atoms with Crippen molar-refractivity contribution in [1.29, 1.82) is 0 Å². The Labute approximate surface area is 114 Å². The van der Waals surface area contributed by atoms with Crippen molar-refractivity contribution < 1.29 is 9.53 Å². The monoisotopic (exact) mass is 259 g/mol. The molecule has 2 aliphatic rings. The highest BCUT2D eigenvalue weighted by molar-refractivity contribution is 5.82. The summed E-state index contributed by atoms with van der Waals surface area (Å²) >= 11 is 0. The minimum Gasteiger partial charge on any atom is -0.497 e. The number of methoxy groups -OCH3 is 1. The van der Waals surface area contributed by atoms with E-state index in [9.17, 15) is 4.79 Å². The van der Waals surface area contributed by atoms with Crippen LogP contribution < -0.4 is 4.74 Å². The summed E-state index contributed by atoms with van der Waals surface area (Å²) in [6.07, 6.45) is 3.59. The van der Waals surface area contributed by atoms with Gasteiger partial charge in [0.25, 0.3) is 0 Å². The second-order valence-electron chi connectivity index (χ2n) is 6.02. The van der Waals surface area contributed by atoms with Gasteiger partial charge < -0.3 is 9.64 Å². The summed E-state index contributed by atoms with van der Waals surface area (Å²) in [5.41, 5.74) is 1.32. The van der Waals surface area contributed by atoms with Crippen molar-refractivity contribution in [2.45, 2.75) is 37.1 Å². The first kappa shape index (κ1) is 12.7. The van der Waals surface area contributed by atoms with E-state index in [4.69, 9.17) is 4.74 Å². The fourth-order valence-electron chi connectivity index (χ4n) is 3.70. The van der Waals surface area contributed by atoms with Crippen LogP contribution >= 0.6 is 0 Å². The van der Waals surface area contributed by atoms with E-state index >= 15 is 0 Å². The molecular weight excluding hydrogens is 238 g/mol. The molecular formula is C16H21NO2. The second kappa shape index (κ2) is 4.64. The number of carbonyl (C=O) groups excluding carboxylic acids is 1. The number of hydrogen-bond acceptors (Lipinski definition) is 3. The molecule has 1 saturated carbocycles. The van der Waals surface area contributed by atoms with Crippen molar-refractivity contribution in [1.82, 2.24) is 4.90 Å². The number of hydrogen-bond donors (Lipinski definition) is 0. The van der Waals surface area contributed by atoms with Gasteiger partial charge in [-0.1, -0.05) is 12.1 Å². The van der Waals surface area contributed by atoms with Gasteiger partial charge in [0.2, 0.25) is 0 Å². The molecule has 1 aromatic rings. The van der Waals surface area contributed by atoms with E-state index in [0.717, 1.165) is 31.6 Å². The van der Waals surface area contributed by atoms with Crippen molar-refractivity contribution in [3.8, 4) is 5.75 Å². The number of rotatable bonds is 2. The van der Waals surface area contributed by atoms with Crippen LogP contribution in [0.1, 0.15) is 31.2 Å². The standard InChI is InChI=1S/C16H21NO2/c1-17-7-6-16(10-13(17)9-14(18)11-16)12-4-3-5-15(8-12)19-2/h3-5,8,13H,6-7,9-11H2,1-2H3/t13-,16+/m0/s1. The van der Waals surface area contributed by atoms with Gasteiger partial charge in [0, 0.05) is 24.3 Å². The van der Waals surface area contributed by atoms with Crippen molar-refractivity contribution in [3.63, 3.8) is 0 Å². The number of carbonyl (C=O) groups is 1. The van der Waals surface area contributed by atoms with Gasteiger partial charge in [0.05, 0.1) is 7.11 Å². The largest absolute Gasteiger partial charge is 0.497 e. The molecule has 1 aliphatic heterocycles. The van der Waals surface area contributed by atoms with Gasteiger partial charge in [-0.3, -0.25) is 4.79 Å². The Morgan fingerprint density at radius 2 is 2.26 bits per heavy atom. The molecule has 1 aromatic carbocycles. The molecule has 3 nitrogen and oxygen atoms in total. The number of likely N-dealkylation sites (tertiary alicyclic amines) is 1. The lowest BCUT2D eigenvalue weighted by molar-refractivity contribution is -0.126. The van der Waals surface area contributed by atoms with Gasteiger partial charge in [-0.2, -0.15) is 0 Å². The first-order valence-electron chi connectivity index (χ1n) is 6.99. The van der Waals surface area contributed by atoms with E-state index in [1.807, 2.05) is 12.1 Å². The number of nitrogens with zero attached hydrogens (tertiary/aromatic N) is 1. The number of Topliss-reactive ketones (excluding diaryl/α,β-unsaturated/α-hetero) is 1. The molecule has 2 bridgehead atoms. The van der Waals surface area contributed by atoms with Crippen LogP contribution in [0.15, 0.2) is 24.3 Å². The Balaban J connectivity index is 1.98. The quantitative estimate of drug-likeness (QED) is 0.816. The topological polar surface area (TPSA) is 29.5 Å². The lowest BCUT2D eigenvalue weighted by Crippen LogP contribution is -2.52. The second-order valence-corrected chi connectivity index (χ2v) is 6.02. The smallest absolute Gasteiger partial charge is 0.135 e. The normalized spacial score (nSPS) is 31.3. The summed E-state index contributed by atoms with van der Waals surface area (Å²) in [7, 11) is 3.83. The van der Waals surface area contributed by atoms with Gasteiger partial charge >= 0.3 is 0 Å². The predicted octanol–water partition coefficient (Wildman–Crippen LogP) is 2.39. The molecule has 0 radical (unpaired) electrons. The average Bonchev–Trinajstić information content (AvgIpc) is 2.43. The maximum Gasteiger partial charge on any atom is 0.135 e. The highest BCUT2D eigenvalue weighted by Crippen LogP contribution is 2.45. The highest BCUT2D eigenvalue weighted by atomic mass is 16.5. The molecule has 1 aliphatic carbocycles. The Kier molecular flexibility index (Phi) is 3.09. The molecule has 0 spiro atoms. The third-order valence-corrected chi connectivity index (χ3v) is 4.87. The molecule has 1 heterocycles. The van der Waals surface area contributed by atoms with Crippen molar-refractivity contribution in [2.24, 2.45) is 0 Å². The van der Waals surface area contributed by atoms with Crippen LogP contribution in [-0.2, 0) is 10.2 Å².